The van der Waals surface area contributed by atoms with E-state index >= 15 is 0 Å². The zero-order valence-corrected chi connectivity index (χ0v) is 14.1. The van der Waals surface area contributed by atoms with Crippen molar-refractivity contribution < 1.29 is 17.9 Å². The number of amides is 1. The number of ether oxygens (including phenoxy) is 1. The number of carbonyl (C=O) groups excluding carboxylic acids is 1. The molecule has 2 saturated heterocycles. The average molecular weight is 334 g/mol. The third-order valence-electron chi connectivity index (χ3n) is 4.41. The van der Waals surface area contributed by atoms with E-state index in [1.165, 1.54) is 22.7 Å². The molecule has 9 heteroatoms. The van der Waals surface area contributed by atoms with E-state index in [1.807, 2.05) is 0 Å². The summed E-state index contributed by atoms with van der Waals surface area (Å²) in [5.41, 5.74) is 5.48. The molecule has 128 valence electrons. The molecular formula is C13H26N4O4S. The van der Waals surface area contributed by atoms with Crippen molar-refractivity contribution in [2.45, 2.75) is 18.9 Å². The first kappa shape index (κ1) is 17.6. The fourth-order valence-corrected chi connectivity index (χ4v) is 4.15. The minimum Gasteiger partial charge on any atom is -0.381 e. The van der Waals surface area contributed by atoms with Crippen molar-refractivity contribution in [2.24, 2.45) is 11.7 Å². The number of hydrogen-bond acceptors (Lipinski definition) is 5. The van der Waals surface area contributed by atoms with E-state index in [4.69, 9.17) is 10.5 Å². The van der Waals surface area contributed by atoms with Gasteiger partial charge in [-0.2, -0.15) is 17.0 Å². The predicted octanol–water partition coefficient (Wildman–Crippen LogP) is -1.31. The van der Waals surface area contributed by atoms with Crippen LogP contribution in [0.15, 0.2) is 0 Å². The smallest absolute Gasteiger partial charge is 0.281 e. The van der Waals surface area contributed by atoms with Crippen LogP contribution in [0, 0.1) is 5.92 Å². The number of primary amides is 1. The van der Waals surface area contributed by atoms with Crippen LogP contribution in [0.2, 0.25) is 0 Å². The maximum atomic E-state index is 12.4. The molecule has 0 saturated carbocycles. The van der Waals surface area contributed by atoms with Gasteiger partial charge in [0.2, 0.25) is 5.91 Å². The standard InChI is InChI=1S/C13H26N4O4S/c1-15(2)22(19,20)17-6-5-16(9-11(10-17)13(14)18)12-3-7-21-8-4-12/h11-12H,3-10H2,1-2H3,(H2,14,18)/t11-/m0/s1. The Labute approximate surface area is 132 Å². The maximum absolute atomic E-state index is 12.4. The van der Waals surface area contributed by atoms with E-state index in [-0.39, 0.29) is 6.54 Å². The van der Waals surface area contributed by atoms with Crippen molar-refractivity contribution in [2.75, 3.05) is 53.5 Å². The molecular weight excluding hydrogens is 308 g/mol. The molecule has 22 heavy (non-hydrogen) atoms. The molecule has 2 heterocycles. The first-order valence-electron chi connectivity index (χ1n) is 7.61. The lowest BCUT2D eigenvalue weighted by Gasteiger charge is -2.34. The summed E-state index contributed by atoms with van der Waals surface area (Å²) in [5, 5.41) is 0. The Morgan fingerprint density at radius 3 is 2.36 bits per heavy atom. The van der Waals surface area contributed by atoms with Crippen molar-refractivity contribution in [3.8, 4) is 0 Å². The molecule has 0 aromatic carbocycles. The summed E-state index contributed by atoms with van der Waals surface area (Å²) < 4.78 is 32.6. The molecule has 2 aliphatic rings. The lowest BCUT2D eigenvalue weighted by atomic mass is 10.0. The second kappa shape index (κ2) is 7.22. The lowest BCUT2D eigenvalue weighted by Crippen LogP contribution is -2.45. The molecule has 2 N–H and O–H groups in total. The van der Waals surface area contributed by atoms with Crippen LogP contribution < -0.4 is 5.73 Å². The second-order valence-corrected chi connectivity index (χ2v) is 8.23. The van der Waals surface area contributed by atoms with E-state index in [0.29, 0.717) is 38.9 Å². The summed E-state index contributed by atoms with van der Waals surface area (Å²) in [6.45, 7) is 3.07. The molecule has 0 bridgehead atoms. The van der Waals surface area contributed by atoms with Crippen molar-refractivity contribution in [1.82, 2.24) is 13.5 Å². The number of nitrogens with zero attached hydrogens (tertiary/aromatic N) is 3. The Morgan fingerprint density at radius 1 is 1.18 bits per heavy atom. The predicted molar refractivity (Wildman–Crippen MR) is 82.3 cm³/mol. The molecule has 0 aliphatic carbocycles. The van der Waals surface area contributed by atoms with Crippen molar-refractivity contribution >= 4 is 16.1 Å². The maximum Gasteiger partial charge on any atom is 0.281 e. The summed E-state index contributed by atoms with van der Waals surface area (Å²) in [6.07, 6.45) is 1.82. The topological polar surface area (TPSA) is 96.2 Å². The van der Waals surface area contributed by atoms with Crippen LogP contribution in [0.5, 0.6) is 0 Å². The van der Waals surface area contributed by atoms with Crippen LogP contribution in [0.25, 0.3) is 0 Å². The quantitative estimate of drug-likeness (QED) is 0.689. The van der Waals surface area contributed by atoms with Gasteiger partial charge in [-0.05, 0) is 12.8 Å². The average Bonchev–Trinajstić information content (AvgIpc) is 2.71. The highest BCUT2D eigenvalue weighted by Crippen LogP contribution is 2.20. The summed E-state index contributed by atoms with van der Waals surface area (Å²) in [6, 6.07) is 0.331. The van der Waals surface area contributed by atoms with Crippen molar-refractivity contribution in [3.63, 3.8) is 0 Å². The van der Waals surface area contributed by atoms with Gasteiger partial charge in [-0.15, -0.1) is 0 Å². The summed E-state index contributed by atoms with van der Waals surface area (Å²) >= 11 is 0. The zero-order chi connectivity index (χ0) is 16.3. The Morgan fingerprint density at radius 2 is 1.82 bits per heavy atom. The fourth-order valence-electron chi connectivity index (χ4n) is 3.01. The van der Waals surface area contributed by atoms with Crippen LogP contribution in [0.4, 0.5) is 0 Å². The molecule has 0 spiro atoms. The Kier molecular flexibility index (Phi) is 5.78. The first-order valence-corrected chi connectivity index (χ1v) is 9.00. The van der Waals surface area contributed by atoms with E-state index in [9.17, 15) is 13.2 Å². The SMILES string of the molecule is CN(C)S(=O)(=O)N1CCN(C2CCOCC2)C[C@H](C(N)=O)C1. The van der Waals surface area contributed by atoms with Gasteiger partial charge in [0.15, 0.2) is 0 Å². The highest BCUT2D eigenvalue weighted by atomic mass is 32.2. The number of nitrogens with two attached hydrogens (primary N) is 1. The summed E-state index contributed by atoms with van der Waals surface area (Å²) in [5.74, 6) is -0.932. The minimum atomic E-state index is -3.54. The van der Waals surface area contributed by atoms with E-state index in [1.54, 1.807) is 0 Å². The van der Waals surface area contributed by atoms with Crippen LogP contribution in [-0.2, 0) is 19.7 Å². The van der Waals surface area contributed by atoms with Gasteiger partial charge in [-0.1, -0.05) is 0 Å². The molecule has 1 atom stereocenters. The van der Waals surface area contributed by atoms with Gasteiger partial charge in [-0.3, -0.25) is 9.69 Å². The molecule has 0 aromatic rings. The molecule has 1 amide bonds. The van der Waals surface area contributed by atoms with Gasteiger partial charge in [-0.25, -0.2) is 0 Å². The number of hydrogen-bond donors (Lipinski definition) is 1. The lowest BCUT2D eigenvalue weighted by molar-refractivity contribution is -0.122. The second-order valence-electron chi connectivity index (χ2n) is 6.09. The third kappa shape index (κ3) is 3.96. The Balaban J connectivity index is 2.15. The molecule has 0 unspecified atom stereocenters. The van der Waals surface area contributed by atoms with Crippen LogP contribution >= 0.6 is 0 Å². The van der Waals surface area contributed by atoms with Crippen LogP contribution in [0.1, 0.15) is 12.8 Å². The summed E-state index contributed by atoms with van der Waals surface area (Å²) in [4.78, 5) is 13.9. The van der Waals surface area contributed by atoms with Crippen molar-refractivity contribution in [1.29, 1.82) is 0 Å². The van der Waals surface area contributed by atoms with Gasteiger partial charge in [0.25, 0.3) is 10.2 Å². The Hall–Kier alpha value is -0.740. The highest BCUT2D eigenvalue weighted by Gasteiger charge is 2.35. The third-order valence-corrected chi connectivity index (χ3v) is 6.32. The van der Waals surface area contributed by atoms with Gasteiger partial charge < -0.3 is 10.5 Å². The van der Waals surface area contributed by atoms with Crippen LogP contribution in [-0.4, -0.2) is 87.4 Å². The largest absolute Gasteiger partial charge is 0.381 e. The van der Waals surface area contributed by atoms with Gasteiger partial charge in [0, 0.05) is 59.5 Å². The molecule has 2 fully saturated rings. The number of rotatable bonds is 4. The van der Waals surface area contributed by atoms with Gasteiger partial charge >= 0.3 is 0 Å². The molecule has 2 rings (SSSR count). The molecule has 0 aromatic heterocycles. The van der Waals surface area contributed by atoms with E-state index in [0.717, 1.165) is 12.8 Å². The molecule has 8 nitrogen and oxygen atoms in total. The normalized spacial score (nSPS) is 27.0. The summed E-state index contributed by atoms with van der Waals surface area (Å²) in [7, 11) is -0.545. The van der Waals surface area contributed by atoms with E-state index in [2.05, 4.69) is 4.90 Å². The molecule has 2 aliphatic heterocycles. The highest BCUT2D eigenvalue weighted by molar-refractivity contribution is 7.86. The minimum absolute atomic E-state index is 0.148. The first-order chi connectivity index (χ1) is 10.3. The van der Waals surface area contributed by atoms with Gasteiger partial charge in [0.05, 0.1) is 5.92 Å². The van der Waals surface area contributed by atoms with E-state index < -0.39 is 22.0 Å². The molecule has 0 radical (unpaired) electrons. The van der Waals surface area contributed by atoms with Crippen molar-refractivity contribution in [3.05, 3.63) is 0 Å². The zero-order valence-electron chi connectivity index (χ0n) is 13.3. The van der Waals surface area contributed by atoms with Gasteiger partial charge in [0.1, 0.15) is 0 Å². The number of carbonyl (C=O) groups is 1. The monoisotopic (exact) mass is 334 g/mol. The Bertz CT molecular complexity index is 490. The fraction of sp³-hybridized carbons (Fsp3) is 0.923. The van der Waals surface area contributed by atoms with Crippen LogP contribution in [0.3, 0.4) is 0 Å².